The molecule has 13 heteroatoms. The Morgan fingerprint density at radius 1 is 1.32 bits per heavy atom. The fraction of sp³-hybridized carbons (Fsp3) is 0.476. The lowest BCUT2D eigenvalue weighted by Crippen LogP contribution is -2.49. The lowest BCUT2D eigenvalue weighted by molar-refractivity contribution is -0.759. The van der Waals surface area contributed by atoms with Gasteiger partial charge in [0.25, 0.3) is 10.6 Å². The monoisotopic (exact) mass is 490 g/mol. The van der Waals surface area contributed by atoms with E-state index in [1.54, 1.807) is 29.6 Å². The van der Waals surface area contributed by atoms with Crippen molar-refractivity contribution in [2.45, 2.75) is 31.6 Å². The van der Waals surface area contributed by atoms with Crippen LogP contribution in [0.25, 0.3) is 22.4 Å². The van der Waals surface area contributed by atoms with Crippen LogP contribution in [0.5, 0.6) is 5.75 Å². The molecule has 0 radical (unpaired) electrons. The molecule has 12 nitrogen and oxygen atoms in total. The first-order valence-electron chi connectivity index (χ1n) is 11.0. The molecule has 1 fully saturated rings. The van der Waals surface area contributed by atoms with E-state index in [-0.39, 0.29) is 18.1 Å². The highest BCUT2D eigenvalue weighted by atomic mass is 32.2. The number of fused-ring (bicyclic) bond motifs is 1. The van der Waals surface area contributed by atoms with Crippen LogP contribution in [0.15, 0.2) is 27.9 Å². The molecule has 1 aliphatic heterocycles. The second kappa shape index (κ2) is 9.89. The molecule has 3 heterocycles. The lowest BCUT2D eigenvalue weighted by Gasteiger charge is -2.37. The Hall–Kier alpha value is -3.32. The first-order valence-corrected chi connectivity index (χ1v) is 12.1. The number of aryl methyl sites for hydroxylation is 2. The number of nitrogens with zero attached hydrogens (tertiary/aromatic N) is 5. The number of ether oxygens (including phenoxy) is 1. The normalized spacial score (nSPS) is 15.3. The van der Waals surface area contributed by atoms with Gasteiger partial charge in [-0.05, 0) is 31.5 Å². The molecule has 0 bridgehead atoms. The Morgan fingerprint density at radius 3 is 2.76 bits per heavy atom. The quantitative estimate of drug-likeness (QED) is 0.335. The van der Waals surface area contributed by atoms with Crippen LogP contribution in [0.4, 0.5) is 0 Å². The first kappa shape index (κ1) is 23.8. The maximum Gasteiger partial charge on any atom is 0.294 e. The largest absolute Gasteiger partial charge is 0.493 e. The van der Waals surface area contributed by atoms with Crippen LogP contribution in [-0.4, -0.2) is 59.7 Å². The fourth-order valence-corrected chi connectivity index (χ4v) is 5.34. The molecule has 3 aromatic rings. The van der Waals surface area contributed by atoms with Gasteiger partial charge in [-0.15, -0.1) is 10.1 Å². The molecule has 0 saturated carbocycles. The van der Waals surface area contributed by atoms with Crippen LogP contribution in [0, 0.1) is 16.0 Å². The van der Waals surface area contributed by atoms with Crippen molar-refractivity contribution in [3.8, 4) is 17.1 Å². The summed E-state index contributed by atoms with van der Waals surface area (Å²) in [6.45, 7) is 5.10. The van der Waals surface area contributed by atoms with E-state index in [9.17, 15) is 19.1 Å². The highest BCUT2D eigenvalue weighted by Crippen LogP contribution is 2.32. The van der Waals surface area contributed by atoms with Crippen molar-refractivity contribution in [3.05, 3.63) is 44.4 Å². The highest BCUT2D eigenvalue weighted by molar-refractivity contribution is 7.82. The number of H-pyrrole nitrogens is 1. The van der Waals surface area contributed by atoms with Crippen molar-refractivity contribution in [3.63, 3.8) is 0 Å². The standard InChI is InChI=1S/C21H26N6O6S/c1-4-6-16-18-19(25(3)24-16)21(28)23-20(22-18)15-9-14(7-8-17(15)32-5-2)34(31)26-10-13(11-26)12-33-27(29)30/h7-9,13H,4-6,10-12H2,1-3H3,(H,22,23,28). The zero-order valence-electron chi connectivity index (χ0n) is 19.1. The molecule has 2 aromatic heterocycles. The molecule has 1 N–H and O–H groups in total. The third kappa shape index (κ3) is 4.66. The van der Waals surface area contributed by atoms with E-state index in [2.05, 4.69) is 14.9 Å². The minimum Gasteiger partial charge on any atom is -0.493 e. The van der Waals surface area contributed by atoms with Gasteiger partial charge < -0.3 is 14.6 Å². The van der Waals surface area contributed by atoms with Crippen molar-refractivity contribution in [2.75, 3.05) is 26.3 Å². The van der Waals surface area contributed by atoms with Crippen molar-refractivity contribution in [1.29, 1.82) is 0 Å². The summed E-state index contributed by atoms with van der Waals surface area (Å²) < 4.78 is 22.1. The van der Waals surface area contributed by atoms with E-state index < -0.39 is 16.1 Å². The maximum absolute atomic E-state index is 13.1. The number of hydrogen-bond donors (Lipinski definition) is 1. The Bertz CT molecular complexity index is 1300. The van der Waals surface area contributed by atoms with Crippen molar-refractivity contribution < 1.29 is 18.9 Å². The summed E-state index contributed by atoms with van der Waals surface area (Å²) in [4.78, 5) is 35.7. The summed E-state index contributed by atoms with van der Waals surface area (Å²) in [7, 11) is 0.221. The Morgan fingerprint density at radius 2 is 2.09 bits per heavy atom. The van der Waals surface area contributed by atoms with Gasteiger partial charge in [0.15, 0.2) is 5.52 Å². The third-order valence-electron chi connectivity index (χ3n) is 5.53. The maximum atomic E-state index is 13.1. The molecule has 4 rings (SSSR count). The highest BCUT2D eigenvalue weighted by Gasteiger charge is 2.32. The van der Waals surface area contributed by atoms with Crippen molar-refractivity contribution >= 4 is 22.0 Å². The third-order valence-corrected chi connectivity index (χ3v) is 6.96. The average Bonchev–Trinajstić information content (AvgIpc) is 3.08. The molecular formula is C21H26N6O6S. The van der Waals surface area contributed by atoms with E-state index in [0.29, 0.717) is 59.2 Å². The summed E-state index contributed by atoms with van der Waals surface area (Å²) in [6.07, 6.45) is 1.55. The van der Waals surface area contributed by atoms with Gasteiger partial charge in [-0.3, -0.25) is 9.48 Å². The Kier molecular flexibility index (Phi) is 6.93. The van der Waals surface area contributed by atoms with Gasteiger partial charge in [-0.2, -0.15) is 5.10 Å². The number of nitrogens with one attached hydrogen (secondary N) is 1. The van der Waals surface area contributed by atoms with Crippen LogP contribution in [0.2, 0.25) is 0 Å². The number of rotatable bonds is 10. The Labute approximate surface area is 197 Å². The predicted molar refractivity (Wildman–Crippen MR) is 124 cm³/mol. The summed E-state index contributed by atoms with van der Waals surface area (Å²) in [5.74, 6) is 0.762. The van der Waals surface area contributed by atoms with Crippen molar-refractivity contribution in [1.82, 2.24) is 24.1 Å². The predicted octanol–water partition coefficient (Wildman–Crippen LogP) is 1.84. The van der Waals surface area contributed by atoms with Crippen molar-refractivity contribution in [2.24, 2.45) is 13.0 Å². The van der Waals surface area contributed by atoms with Crippen LogP contribution in [0.1, 0.15) is 26.0 Å². The molecule has 0 amide bonds. The van der Waals surface area contributed by atoms with Gasteiger partial charge in [-0.25, -0.2) is 13.5 Å². The molecule has 1 aromatic carbocycles. The van der Waals surface area contributed by atoms with Gasteiger partial charge in [0.05, 0.1) is 22.8 Å². The average molecular weight is 491 g/mol. The van der Waals surface area contributed by atoms with Gasteiger partial charge in [-0.1, -0.05) is 13.3 Å². The van der Waals surface area contributed by atoms with Gasteiger partial charge >= 0.3 is 0 Å². The molecule has 1 saturated heterocycles. The molecular weight excluding hydrogens is 464 g/mol. The molecule has 0 aliphatic carbocycles. The Balaban J connectivity index is 1.68. The number of benzene rings is 1. The topological polar surface area (TPSA) is 145 Å². The first-order chi connectivity index (χ1) is 16.3. The van der Waals surface area contributed by atoms with Gasteiger partial charge in [0.1, 0.15) is 34.7 Å². The van der Waals surface area contributed by atoms with Gasteiger partial charge in [0.2, 0.25) is 0 Å². The minimum atomic E-state index is -1.49. The van der Waals surface area contributed by atoms with E-state index >= 15 is 0 Å². The zero-order chi connectivity index (χ0) is 24.4. The second-order valence-electron chi connectivity index (χ2n) is 8.00. The zero-order valence-corrected chi connectivity index (χ0v) is 20.0. The number of hydrogen-bond acceptors (Lipinski definition) is 8. The van der Waals surface area contributed by atoms with Crippen LogP contribution in [0.3, 0.4) is 0 Å². The second-order valence-corrected chi connectivity index (χ2v) is 9.49. The van der Waals surface area contributed by atoms with Crippen LogP contribution >= 0.6 is 0 Å². The lowest BCUT2D eigenvalue weighted by atomic mass is 10.1. The molecule has 182 valence electrons. The molecule has 0 spiro atoms. The number of aromatic amines is 1. The molecule has 1 aliphatic rings. The summed E-state index contributed by atoms with van der Waals surface area (Å²) in [6, 6.07) is 5.11. The summed E-state index contributed by atoms with van der Waals surface area (Å²) >= 11 is 0. The molecule has 1 atom stereocenters. The smallest absolute Gasteiger partial charge is 0.294 e. The van der Waals surface area contributed by atoms with E-state index in [1.165, 1.54) is 4.68 Å². The van der Waals surface area contributed by atoms with E-state index in [1.807, 2.05) is 13.8 Å². The summed E-state index contributed by atoms with van der Waals surface area (Å²) in [5.41, 5.74) is 1.88. The summed E-state index contributed by atoms with van der Waals surface area (Å²) in [5, 5.41) is 14.0. The van der Waals surface area contributed by atoms with E-state index in [0.717, 1.165) is 12.1 Å². The molecule has 1 unspecified atom stereocenters. The minimum absolute atomic E-state index is 0.0222. The van der Waals surface area contributed by atoms with Gasteiger partial charge in [0, 0.05) is 26.1 Å². The fourth-order valence-electron chi connectivity index (χ4n) is 3.94. The molecule has 34 heavy (non-hydrogen) atoms. The SMILES string of the molecule is CCCc1nn(C)c2c(=O)[nH]c(-c3cc(S(=O)N4CC(CO[N+](=O)[O-])C4)ccc3OCC)nc12. The number of aromatic nitrogens is 4. The van der Waals surface area contributed by atoms with Crippen LogP contribution in [-0.2, 0) is 29.3 Å². The van der Waals surface area contributed by atoms with E-state index in [4.69, 9.17) is 9.72 Å². The van der Waals surface area contributed by atoms with Crippen LogP contribution < -0.4 is 10.3 Å².